The summed E-state index contributed by atoms with van der Waals surface area (Å²) < 4.78 is 34.7. The van der Waals surface area contributed by atoms with Crippen molar-refractivity contribution in [2.75, 3.05) is 26.5 Å². The van der Waals surface area contributed by atoms with Crippen molar-refractivity contribution in [3.63, 3.8) is 0 Å². The number of aryl methyl sites for hydroxylation is 1. The molecule has 0 spiro atoms. The Labute approximate surface area is 375 Å². The number of aliphatic hydroxyl groups is 2. The van der Waals surface area contributed by atoms with Crippen LogP contribution < -0.4 is 25.0 Å². The minimum Gasteiger partial charge on any atom is -0.508 e. The van der Waals surface area contributed by atoms with Crippen molar-refractivity contribution >= 4 is 18.0 Å². The van der Waals surface area contributed by atoms with Gasteiger partial charge in [-0.15, -0.1) is 0 Å². The van der Waals surface area contributed by atoms with Crippen molar-refractivity contribution in [2.45, 2.75) is 69.5 Å². The number of carbonyl (C=O) groups is 1. The van der Waals surface area contributed by atoms with Gasteiger partial charge in [0, 0.05) is 24.1 Å². The molecule has 5 aliphatic rings. The number of nitro groups is 1. The van der Waals surface area contributed by atoms with Crippen molar-refractivity contribution in [2.24, 2.45) is 28.3 Å². The summed E-state index contributed by atoms with van der Waals surface area (Å²) >= 11 is 0. The SMILES string of the molecule is C[C@]12CC[C@@H]3c4ccc(O)cc4CC[C@H]3[C@@H]1C[C@@H](O)[C@@H]2O.Fc1ccc([C@@H]2CCNC[C@H]2COc2ccc3c(c2)OCO3)cc1.O=C(N/N=C/c1ccc([N+](=O)[O-])o1)c1ccc(O)cc1. The van der Waals surface area contributed by atoms with E-state index in [1.807, 2.05) is 36.4 Å². The molecule has 65 heavy (non-hydrogen) atoms. The number of halogens is 1. The minimum atomic E-state index is -0.674. The first-order valence-corrected chi connectivity index (χ1v) is 21.9. The second kappa shape index (κ2) is 19.7. The number of aliphatic hydroxyl groups excluding tert-OH is 2. The average Bonchev–Trinajstić information content (AvgIpc) is 4.05. The summed E-state index contributed by atoms with van der Waals surface area (Å²) in [6.45, 7) is 4.91. The molecular formula is C49H53FN4O11. The highest BCUT2D eigenvalue weighted by Crippen LogP contribution is 2.61. The lowest BCUT2D eigenvalue weighted by Crippen LogP contribution is -2.44. The fourth-order valence-electron chi connectivity index (χ4n) is 10.3. The predicted molar refractivity (Wildman–Crippen MR) is 237 cm³/mol. The Bertz CT molecular complexity index is 2480. The van der Waals surface area contributed by atoms with E-state index < -0.39 is 28.9 Å². The van der Waals surface area contributed by atoms with Crippen LogP contribution in [-0.4, -0.2) is 76.2 Å². The van der Waals surface area contributed by atoms with Crippen LogP contribution in [0.15, 0.2) is 107 Å². The number of aromatic hydroxyl groups is 2. The number of carbonyl (C=O) groups excluding carboxylic acids is 1. The fraction of sp³-hybridized carbons (Fsp3) is 0.388. The Kier molecular flexibility index (Phi) is 13.7. The van der Waals surface area contributed by atoms with Crippen LogP contribution in [0, 0.1) is 39.1 Å². The maximum absolute atomic E-state index is 13.2. The second-order valence-electron chi connectivity index (χ2n) is 17.5. The van der Waals surface area contributed by atoms with E-state index in [9.17, 15) is 34.6 Å². The maximum Gasteiger partial charge on any atom is 0.433 e. The van der Waals surface area contributed by atoms with Gasteiger partial charge in [0.2, 0.25) is 6.79 Å². The quantitative estimate of drug-likeness (QED) is 0.0505. The third-order valence-corrected chi connectivity index (χ3v) is 13.7. The summed E-state index contributed by atoms with van der Waals surface area (Å²) in [5.74, 6) is 3.96. The molecule has 3 aliphatic carbocycles. The van der Waals surface area contributed by atoms with E-state index >= 15 is 0 Å². The topological polar surface area (TPSA) is 218 Å². The van der Waals surface area contributed by atoms with E-state index in [1.165, 1.54) is 65.2 Å². The van der Waals surface area contributed by atoms with Crippen LogP contribution in [0.4, 0.5) is 10.3 Å². The highest BCUT2D eigenvalue weighted by Gasteiger charge is 2.57. The number of rotatable bonds is 8. The van der Waals surface area contributed by atoms with Crippen LogP contribution >= 0.6 is 0 Å². The zero-order chi connectivity index (χ0) is 45.7. The summed E-state index contributed by atoms with van der Waals surface area (Å²) in [6.07, 6.45) is 5.98. The Morgan fingerprint density at radius 3 is 2.49 bits per heavy atom. The smallest absolute Gasteiger partial charge is 0.433 e. The highest BCUT2D eigenvalue weighted by molar-refractivity contribution is 5.94. The average molecular weight is 893 g/mol. The van der Waals surface area contributed by atoms with Gasteiger partial charge in [-0.3, -0.25) is 14.9 Å². The minimum absolute atomic E-state index is 0.0490. The van der Waals surface area contributed by atoms with Crippen LogP contribution in [0.2, 0.25) is 0 Å². The summed E-state index contributed by atoms with van der Waals surface area (Å²) in [5, 5.41) is 56.7. The summed E-state index contributed by atoms with van der Waals surface area (Å²) in [7, 11) is 0. The zero-order valence-corrected chi connectivity index (χ0v) is 35.8. The Morgan fingerprint density at radius 2 is 1.72 bits per heavy atom. The number of hydrogen-bond donors (Lipinski definition) is 6. The standard InChI is InChI=1S/C19H20FNO3.C18H24O3.C12H9N3O5/c20-15-3-1-13(2-4-15)17-7-8-21-10-14(17)11-22-16-5-6-18-19(9-16)24-12-23-18;1-18-7-6-13-12-5-3-11(19)8-10(12)2-4-14(13)15(18)9-16(20)17(18)21;16-9-3-1-8(2-4-9)12(17)14-13-7-10-5-6-11(20-10)15(18)19/h1-6,9,14,17,21H,7-8,10-12H2;3,5,8,13-17,19-21H,2,4,6-7,9H2,1H3;1-7,16H,(H,14,17)/b;;13-7+/t14-,17-;13-,14-,15+,16-,17+,18+;/m01./s1. The van der Waals surface area contributed by atoms with Crippen molar-refractivity contribution in [3.8, 4) is 28.7 Å². The number of phenols is 2. The molecule has 4 aromatic carbocycles. The molecule has 6 N–H and O–H groups in total. The second-order valence-corrected chi connectivity index (χ2v) is 17.5. The largest absolute Gasteiger partial charge is 0.508 e. The highest BCUT2D eigenvalue weighted by atomic mass is 19.1. The van der Waals surface area contributed by atoms with Crippen molar-refractivity contribution in [1.29, 1.82) is 0 Å². The van der Waals surface area contributed by atoms with E-state index in [0.717, 1.165) is 75.1 Å². The Hall–Kier alpha value is -6.49. The van der Waals surface area contributed by atoms with E-state index in [1.54, 1.807) is 6.07 Å². The molecule has 3 fully saturated rings. The van der Waals surface area contributed by atoms with E-state index in [0.29, 0.717) is 47.5 Å². The molecule has 3 heterocycles. The van der Waals surface area contributed by atoms with Crippen LogP contribution in [0.25, 0.3) is 0 Å². The van der Waals surface area contributed by atoms with Gasteiger partial charge in [-0.2, -0.15) is 5.10 Å². The van der Waals surface area contributed by atoms with Crippen molar-refractivity contribution < 1.29 is 53.2 Å². The maximum atomic E-state index is 13.2. The van der Waals surface area contributed by atoms with Gasteiger partial charge in [0.05, 0.1) is 31.1 Å². The molecule has 5 aromatic rings. The van der Waals surface area contributed by atoms with E-state index in [-0.39, 0.29) is 29.5 Å². The van der Waals surface area contributed by atoms with Crippen LogP contribution in [-0.2, 0) is 6.42 Å². The van der Waals surface area contributed by atoms with E-state index in [4.69, 9.17) is 23.7 Å². The zero-order valence-electron chi connectivity index (χ0n) is 35.8. The first-order valence-electron chi connectivity index (χ1n) is 21.9. The number of furan rings is 1. The molecule has 15 nitrogen and oxygen atoms in total. The fourth-order valence-corrected chi connectivity index (χ4v) is 10.3. The van der Waals surface area contributed by atoms with Crippen LogP contribution in [0.3, 0.4) is 0 Å². The van der Waals surface area contributed by atoms with Gasteiger partial charge in [-0.25, -0.2) is 9.82 Å². The third-order valence-electron chi connectivity index (χ3n) is 13.7. The molecule has 1 amide bonds. The lowest BCUT2D eigenvalue weighted by Gasteiger charge is -2.49. The van der Waals surface area contributed by atoms with Crippen LogP contribution in [0.1, 0.15) is 83.7 Å². The monoisotopic (exact) mass is 892 g/mol. The number of nitrogens with zero attached hydrogens (tertiary/aromatic N) is 2. The lowest BCUT2D eigenvalue weighted by atomic mass is 9.55. The summed E-state index contributed by atoms with van der Waals surface area (Å²) in [5.41, 5.74) is 6.28. The molecule has 342 valence electrons. The molecule has 1 aromatic heterocycles. The number of benzene rings is 4. The molecule has 16 heteroatoms. The molecule has 0 radical (unpaired) electrons. The Morgan fingerprint density at radius 1 is 0.954 bits per heavy atom. The normalized spacial score (nSPS) is 26.0. The molecule has 1 saturated heterocycles. The van der Waals surface area contributed by atoms with Gasteiger partial charge in [0.25, 0.3) is 5.91 Å². The Balaban J connectivity index is 0.000000134. The number of phenolic OH excluding ortho intramolecular Hbond substituents is 2. The lowest BCUT2D eigenvalue weighted by molar-refractivity contribution is -0.402. The van der Waals surface area contributed by atoms with E-state index in [2.05, 4.69) is 28.8 Å². The van der Waals surface area contributed by atoms with Crippen molar-refractivity contribution in [3.05, 3.63) is 141 Å². The van der Waals surface area contributed by atoms with Gasteiger partial charge >= 0.3 is 5.88 Å². The first kappa shape index (κ1) is 45.1. The molecule has 8 atom stereocenters. The molecule has 0 unspecified atom stereocenters. The number of amides is 1. The third kappa shape index (κ3) is 10.2. The van der Waals surface area contributed by atoms with Gasteiger partial charge in [0.1, 0.15) is 28.0 Å². The van der Waals surface area contributed by atoms with Crippen molar-refractivity contribution in [1.82, 2.24) is 10.7 Å². The van der Waals surface area contributed by atoms with Gasteiger partial charge in [0.15, 0.2) is 17.3 Å². The number of piperidine rings is 1. The molecule has 2 saturated carbocycles. The number of hydrogen-bond acceptors (Lipinski definition) is 13. The molecule has 0 bridgehead atoms. The number of ether oxygens (including phenoxy) is 3. The molecule has 2 aliphatic heterocycles. The predicted octanol–water partition coefficient (Wildman–Crippen LogP) is 7.56. The molecule has 10 rings (SSSR count). The summed E-state index contributed by atoms with van der Waals surface area (Å²) in [6, 6.07) is 26.4. The van der Waals surface area contributed by atoms with Gasteiger partial charge in [-0.05, 0) is 158 Å². The van der Waals surface area contributed by atoms with Gasteiger partial charge < -0.3 is 44.4 Å². The number of hydrazone groups is 1. The molecular weight excluding hydrogens is 840 g/mol. The van der Waals surface area contributed by atoms with Crippen LogP contribution in [0.5, 0.6) is 28.7 Å². The number of nitrogens with one attached hydrogen (secondary N) is 2. The first-order chi connectivity index (χ1) is 31.4. The number of fused-ring (bicyclic) bond motifs is 6. The van der Waals surface area contributed by atoms with Gasteiger partial charge in [-0.1, -0.05) is 25.1 Å². The summed E-state index contributed by atoms with van der Waals surface area (Å²) in [4.78, 5) is 21.3.